The van der Waals surface area contributed by atoms with E-state index in [1.807, 2.05) is 6.92 Å². The molecule has 2 heterocycles. The first kappa shape index (κ1) is 12.0. The molecule has 0 aliphatic rings. The molecule has 0 atom stereocenters. The van der Waals surface area contributed by atoms with Crippen molar-refractivity contribution in [2.24, 2.45) is 5.84 Å². The predicted octanol–water partition coefficient (Wildman–Crippen LogP) is 1.32. The fourth-order valence-electron chi connectivity index (χ4n) is 1.53. The molecule has 0 saturated heterocycles. The van der Waals surface area contributed by atoms with Crippen LogP contribution in [0.4, 0.5) is 11.5 Å². The third-order valence-corrected chi connectivity index (χ3v) is 2.34. The van der Waals surface area contributed by atoms with Crippen LogP contribution in [0.15, 0.2) is 36.7 Å². The number of nitrogen functional groups attached to an aromatic ring is 1. The highest BCUT2D eigenvalue weighted by Gasteiger charge is 2.11. The van der Waals surface area contributed by atoms with Crippen molar-refractivity contribution >= 4 is 17.4 Å². The van der Waals surface area contributed by atoms with E-state index in [9.17, 15) is 4.79 Å². The number of aryl methyl sites for hydroxylation is 1. The maximum Gasteiger partial charge on any atom is 0.259 e. The summed E-state index contributed by atoms with van der Waals surface area (Å²) in [6.07, 6.45) is 3.19. The van der Waals surface area contributed by atoms with Gasteiger partial charge in [0.25, 0.3) is 5.91 Å². The number of pyridine rings is 2. The zero-order valence-electron chi connectivity index (χ0n) is 9.84. The molecule has 0 radical (unpaired) electrons. The van der Waals surface area contributed by atoms with Crippen molar-refractivity contribution in [2.45, 2.75) is 6.92 Å². The van der Waals surface area contributed by atoms with Gasteiger partial charge in [0.15, 0.2) is 5.82 Å². The second kappa shape index (κ2) is 5.24. The SMILES string of the molecule is Cc1cc(NC(=O)c2cccnc2NN)ccn1. The van der Waals surface area contributed by atoms with Crippen molar-refractivity contribution in [3.8, 4) is 0 Å². The largest absolute Gasteiger partial charge is 0.322 e. The topological polar surface area (TPSA) is 92.9 Å². The van der Waals surface area contributed by atoms with Gasteiger partial charge in [-0.2, -0.15) is 0 Å². The Morgan fingerprint density at radius 1 is 1.28 bits per heavy atom. The molecule has 0 fully saturated rings. The van der Waals surface area contributed by atoms with E-state index in [0.29, 0.717) is 17.1 Å². The molecule has 0 saturated carbocycles. The standard InChI is InChI=1S/C12H13N5O/c1-8-7-9(4-6-14-8)16-12(18)10-3-2-5-15-11(10)17-13/h2-7H,13H2,1H3,(H,15,17)(H,14,16,18). The van der Waals surface area contributed by atoms with Crippen molar-refractivity contribution in [3.05, 3.63) is 47.9 Å². The Bertz CT molecular complexity index is 570. The average molecular weight is 243 g/mol. The summed E-state index contributed by atoms with van der Waals surface area (Å²) in [7, 11) is 0. The molecule has 0 unspecified atom stereocenters. The first-order chi connectivity index (χ1) is 8.70. The molecule has 2 aromatic rings. The predicted molar refractivity (Wildman–Crippen MR) is 69.0 cm³/mol. The molecule has 1 amide bonds. The number of anilines is 2. The Balaban J connectivity index is 2.22. The Hall–Kier alpha value is -2.47. The Kier molecular flexibility index (Phi) is 3.49. The van der Waals surface area contributed by atoms with Gasteiger partial charge in [0.1, 0.15) is 0 Å². The lowest BCUT2D eigenvalue weighted by atomic mass is 10.2. The summed E-state index contributed by atoms with van der Waals surface area (Å²) in [5.41, 5.74) is 4.28. The summed E-state index contributed by atoms with van der Waals surface area (Å²) in [4.78, 5) is 20.1. The van der Waals surface area contributed by atoms with Gasteiger partial charge in [0, 0.05) is 23.8 Å². The molecule has 2 rings (SSSR count). The minimum absolute atomic E-state index is 0.276. The molecule has 92 valence electrons. The molecule has 6 nitrogen and oxygen atoms in total. The van der Waals surface area contributed by atoms with Gasteiger partial charge < -0.3 is 10.7 Å². The first-order valence-electron chi connectivity index (χ1n) is 5.36. The number of hydrogen-bond acceptors (Lipinski definition) is 5. The van der Waals surface area contributed by atoms with Crippen LogP contribution < -0.4 is 16.6 Å². The van der Waals surface area contributed by atoms with Crippen molar-refractivity contribution in [1.29, 1.82) is 0 Å². The number of carbonyl (C=O) groups excluding carboxylic acids is 1. The van der Waals surface area contributed by atoms with Crippen molar-refractivity contribution in [2.75, 3.05) is 10.7 Å². The van der Waals surface area contributed by atoms with E-state index in [1.54, 1.807) is 36.7 Å². The lowest BCUT2D eigenvalue weighted by Crippen LogP contribution is -2.18. The van der Waals surface area contributed by atoms with E-state index < -0.39 is 0 Å². The number of hydrogen-bond donors (Lipinski definition) is 3. The first-order valence-corrected chi connectivity index (χ1v) is 5.36. The van der Waals surface area contributed by atoms with Gasteiger partial charge in [-0.1, -0.05) is 0 Å². The molecule has 2 aromatic heterocycles. The number of carbonyl (C=O) groups is 1. The summed E-state index contributed by atoms with van der Waals surface area (Å²) in [5.74, 6) is 5.36. The zero-order chi connectivity index (χ0) is 13.0. The molecule has 18 heavy (non-hydrogen) atoms. The van der Waals surface area contributed by atoms with E-state index in [-0.39, 0.29) is 5.91 Å². The molecule has 6 heteroatoms. The quantitative estimate of drug-likeness (QED) is 0.558. The highest BCUT2D eigenvalue weighted by molar-refractivity contribution is 6.07. The van der Waals surface area contributed by atoms with Crippen molar-refractivity contribution < 1.29 is 4.79 Å². The van der Waals surface area contributed by atoms with E-state index in [1.165, 1.54) is 0 Å². The third-order valence-electron chi connectivity index (χ3n) is 2.34. The maximum atomic E-state index is 12.0. The fraction of sp³-hybridized carbons (Fsp3) is 0.0833. The van der Waals surface area contributed by atoms with Crippen LogP contribution in [0.1, 0.15) is 16.1 Å². The maximum absolute atomic E-state index is 12.0. The number of aromatic nitrogens is 2. The van der Waals surface area contributed by atoms with E-state index in [2.05, 4.69) is 20.7 Å². The van der Waals surface area contributed by atoms with Crippen molar-refractivity contribution in [1.82, 2.24) is 9.97 Å². The summed E-state index contributed by atoms with van der Waals surface area (Å²) < 4.78 is 0. The number of rotatable bonds is 3. The second-order valence-corrected chi connectivity index (χ2v) is 3.68. The lowest BCUT2D eigenvalue weighted by Gasteiger charge is -2.08. The highest BCUT2D eigenvalue weighted by Crippen LogP contribution is 2.14. The minimum atomic E-state index is -0.276. The van der Waals surface area contributed by atoms with Gasteiger partial charge in [-0.3, -0.25) is 9.78 Å². The average Bonchev–Trinajstić information content (AvgIpc) is 2.38. The van der Waals surface area contributed by atoms with E-state index in [0.717, 1.165) is 5.69 Å². The van der Waals surface area contributed by atoms with E-state index >= 15 is 0 Å². The van der Waals surface area contributed by atoms with Crippen molar-refractivity contribution in [3.63, 3.8) is 0 Å². The fourth-order valence-corrected chi connectivity index (χ4v) is 1.53. The van der Waals surface area contributed by atoms with Crippen LogP contribution in [0.3, 0.4) is 0 Å². The smallest absolute Gasteiger partial charge is 0.259 e. The van der Waals surface area contributed by atoms with E-state index in [4.69, 9.17) is 5.84 Å². The van der Waals surface area contributed by atoms with Crippen LogP contribution in [0, 0.1) is 6.92 Å². The van der Waals surface area contributed by atoms with Gasteiger partial charge in [-0.25, -0.2) is 10.8 Å². The van der Waals surface area contributed by atoms with Crippen LogP contribution in [0.25, 0.3) is 0 Å². The molecule has 0 aromatic carbocycles. The number of nitrogens with two attached hydrogens (primary N) is 1. The van der Waals surface area contributed by atoms with Gasteiger partial charge in [0.05, 0.1) is 5.56 Å². The Labute approximate surface area is 104 Å². The molecular formula is C12H13N5O. The summed E-state index contributed by atoms with van der Waals surface area (Å²) in [6.45, 7) is 1.85. The van der Waals surface area contributed by atoms with Gasteiger partial charge in [-0.15, -0.1) is 0 Å². The number of hydrazine groups is 1. The van der Waals surface area contributed by atoms with Crippen LogP contribution in [-0.2, 0) is 0 Å². The highest BCUT2D eigenvalue weighted by atomic mass is 16.1. The zero-order valence-corrected chi connectivity index (χ0v) is 9.84. The summed E-state index contributed by atoms with van der Waals surface area (Å²) >= 11 is 0. The van der Waals surface area contributed by atoms with Crippen LogP contribution in [0.2, 0.25) is 0 Å². The van der Waals surface area contributed by atoms with Crippen LogP contribution in [0.5, 0.6) is 0 Å². The lowest BCUT2D eigenvalue weighted by molar-refractivity contribution is 0.102. The molecule has 4 N–H and O–H groups in total. The normalized spacial score (nSPS) is 9.89. The summed E-state index contributed by atoms with van der Waals surface area (Å²) in [5, 5.41) is 2.76. The van der Waals surface area contributed by atoms with Gasteiger partial charge >= 0.3 is 0 Å². The van der Waals surface area contributed by atoms with Gasteiger partial charge in [-0.05, 0) is 31.2 Å². The molecule has 0 bridgehead atoms. The minimum Gasteiger partial charge on any atom is -0.322 e. The Morgan fingerprint density at radius 2 is 2.11 bits per heavy atom. The number of nitrogens with one attached hydrogen (secondary N) is 2. The number of amides is 1. The molecular weight excluding hydrogens is 230 g/mol. The molecule has 0 aliphatic heterocycles. The third kappa shape index (κ3) is 2.61. The monoisotopic (exact) mass is 243 g/mol. The Morgan fingerprint density at radius 3 is 2.83 bits per heavy atom. The van der Waals surface area contributed by atoms with Gasteiger partial charge in [0.2, 0.25) is 0 Å². The molecule has 0 spiro atoms. The summed E-state index contributed by atoms with van der Waals surface area (Å²) in [6, 6.07) is 6.82. The second-order valence-electron chi connectivity index (χ2n) is 3.68. The molecule has 0 aliphatic carbocycles. The number of nitrogens with zero attached hydrogens (tertiary/aromatic N) is 2. The van der Waals surface area contributed by atoms with Crippen LogP contribution >= 0.6 is 0 Å². The van der Waals surface area contributed by atoms with Crippen LogP contribution in [-0.4, -0.2) is 15.9 Å².